The van der Waals surface area contributed by atoms with Gasteiger partial charge < -0.3 is 10.6 Å². The van der Waals surface area contributed by atoms with Crippen molar-refractivity contribution in [1.82, 2.24) is 10.6 Å². The summed E-state index contributed by atoms with van der Waals surface area (Å²) >= 11 is 0. The maximum atomic E-state index is 13.4. The molecule has 0 amide bonds. The van der Waals surface area contributed by atoms with E-state index < -0.39 is 0 Å². The van der Waals surface area contributed by atoms with Crippen LogP contribution in [0.3, 0.4) is 0 Å². The highest BCUT2D eigenvalue weighted by Crippen LogP contribution is 2.08. The first-order chi connectivity index (χ1) is 8.31. The lowest BCUT2D eigenvalue weighted by atomic mass is 10.1. The van der Waals surface area contributed by atoms with Gasteiger partial charge in [-0.1, -0.05) is 12.1 Å². The molecule has 0 aliphatic heterocycles. The number of hydrogen-bond donors (Lipinski definition) is 2. The fourth-order valence-corrected chi connectivity index (χ4v) is 1.47. The Hall–Kier alpha value is -0.850. The van der Waals surface area contributed by atoms with E-state index in [1.165, 1.54) is 0 Å². The van der Waals surface area contributed by atoms with E-state index in [2.05, 4.69) is 36.4 Å². The third kappa shape index (κ3) is 6.75. The minimum Gasteiger partial charge on any atom is -0.352 e. The average Bonchev–Trinajstić information content (AvgIpc) is 2.27. The van der Waals surface area contributed by atoms with Crippen LogP contribution in [-0.2, 0) is 6.54 Å². The van der Waals surface area contributed by atoms with Crippen LogP contribution in [0.15, 0.2) is 23.2 Å². The van der Waals surface area contributed by atoms with Crippen LogP contribution < -0.4 is 10.6 Å². The average molecular weight is 379 g/mol. The highest BCUT2D eigenvalue weighted by atomic mass is 127. The quantitative estimate of drug-likeness (QED) is 0.470. The molecule has 1 aromatic carbocycles. The molecule has 19 heavy (non-hydrogen) atoms. The maximum Gasteiger partial charge on any atom is 0.191 e. The molecule has 0 spiro atoms. The molecule has 1 aromatic rings. The van der Waals surface area contributed by atoms with E-state index in [9.17, 15) is 4.39 Å². The third-order valence-electron chi connectivity index (χ3n) is 2.41. The van der Waals surface area contributed by atoms with Crippen molar-refractivity contribution in [3.05, 3.63) is 35.1 Å². The Morgan fingerprint density at radius 1 is 1.32 bits per heavy atom. The zero-order valence-corrected chi connectivity index (χ0v) is 14.5. The molecule has 5 heteroatoms. The van der Waals surface area contributed by atoms with Crippen LogP contribution in [0.2, 0.25) is 0 Å². The summed E-state index contributed by atoms with van der Waals surface area (Å²) in [6.45, 7) is 8.49. The number of nitrogens with one attached hydrogen (secondary N) is 2. The summed E-state index contributed by atoms with van der Waals surface area (Å²) in [7, 11) is 1.72. The van der Waals surface area contributed by atoms with Gasteiger partial charge in [-0.3, -0.25) is 4.99 Å². The predicted molar refractivity (Wildman–Crippen MR) is 89.6 cm³/mol. The number of rotatable bonds is 2. The summed E-state index contributed by atoms with van der Waals surface area (Å²) in [5.41, 5.74) is 1.51. The predicted octanol–water partition coefficient (Wildman–Crippen LogP) is 3.22. The van der Waals surface area contributed by atoms with Crippen molar-refractivity contribution in [3.63, 3.8) is 0 Å². The second-order valence-electron chi connectivity index (χ2n) is 5.38. The van der Waals surface area contributed by atoms with Crippen LogP contribution in [0.25, 0.3) is 0 Å². The number of guanidine groups is 1. The Labute approximate surface area is 132 Å². The monoisotopic (exact) mass is 379 g/mol. The molecule has 2 N–H and O–H groups in total. The fourth-order valence-electron chi connectivity index (χ4n) is 1.47. The second kappa shape index (κ2) is 7.67. The van der Waals surface area contributed by atoms with E-state index >= 15 is 0 Å². The van der Waals surface area contributed by atoms with E-state index in [0.717, 1.165) is 5.56 Å². The molecule has 0 saturated carbocycles. The van der Waals surface area contributed by atoms with E-state index in [1.54, 1.807) is 26.1 Å². The molecule has 0 radical (unpaired) electrons. The number of halogens is 2. The van der Waals surface area contributed by atoms with Gasteiger partial charge in [-0.2, -0.15) is 0 Å². The lowest BCUT2D eigenvalue weighted by Crippen LogP contribution is -2.47. The number of benzene rings is 1. The highest BCUT2D eigenvalue weighted by molar-refractivity contribution is 14.0. The molecule has 0 heterocycles. The molecule has 3 nitrogen and oxygen atoms in total. The zero-order chi connectivity index (χ0) is 13.8. The smallest absolute Gasteiger partial charge is 0.191 e. The fraction of sp³-hybridized carbons (Fsp3) is 0.500. The van der Waals surface area contributed by atoms with Gasteiger partial charge in [-0.25, -0.2) is 4.39 Å². The van der Waals surface area contributed by atoms with Crippen LogP contribution in [0.1, 0.15) is 31.9 Å². The van der Waals surface area contributed by atoms with E-state index in [4.69, 9.17) is 0 Å². The molecule has 0 fully saturated rings. The SMILES string of the molecule is CN=C(NCc1ccc(C)c(F)c1)NC(C)(C)C.I. The summed E-state index contributed by atoms with van der Waals surface area (Å²) in [5, 5.41) is 6.41. The van der Waals surface area contributed by atoms with Crippen LogP contribution in [0, 0.1) is 12.7 Å². The first-order valence-electron chi connectivity index (χ1n) is 6.05. The molecule has 108 valence electrons. The molecule has 0 saturated heterocycles. The molecular formula is C14H23FIN3. The van der Waals surface area contributed by atoms with E-state index in [1.807, 2.05) is 6.07 Å². The lowest BCUT2D eigenvalue weighted by Gasteiger charge is -2.23. The van der Waals surface area contributed by atoms with Crippen molar-refractivity contribution < 1.29 is 4.39 Å². The van der Waals surface area contributed by atoms with Gasteiger partial charge >= 0.3 is 0 Å². The van der Waals surface area contributed by atoms with Crippen LogP contribution in [-0.4, -0.2) is 18.5 Å². The third-order valence-corrected chi connectivity index (χ3v) is 2.41. The van der Waals surface area contributed by atoms with E-state index in [-0.39, 0.29) is 35.3 Å². The Morgan fingerprint density at radius 2 is 1.95 bits per heavy atom. The Bertz CT molecular complexity index is 439. The summed E-state index contributed by atoms with van der Waals surface area (Å²) in [6, 6.07) is 5.24. The minimum absolute atomic E-state index is 0. The van der Waals surface area contributed by atoms with Crippen molar-refractivity contribution in [3.8, 4) is 0 Å². The van der Waals surface area contributed by atoms with Crippen molar-refractivity contribution in [2.75, 3.05) is 7.05 Å². The minimum atomic E-state index is -0.173. The standard InChI is InChI=1S/C14H22FN3.HI/c1-10-6-7-11(8-12(10)15)9-17-13(16-5)18-14(2,3)4;/h6-8H,9H2,1-5H3,(H2,16,17,18);1H. The maximum absolute atomic E-state index is 13.4. The Balaban J connectivity index is 0.00000324. The first kappa shape index (κ1) is 18.1. The number of aliphatic imine (C=N–C) groups is 1. The summed E-state index contributed by atoms with van der Waals surface area (Å²) in [5.74, 6) is 0.538. The van der Waals surface area contributed by atoms with Gasteiger partial charge in [-0.05, 0) is 44.9 Å². The van der Waals surface area contributed by atoms with Gasteiger partial charge in [0, 0.05) is 19.1 Å². The molecule has 0 aliphatic carbocycles. The molecular weight excluding hydrogens is 356 g/mol. The molecule has 0 atom stereocenters. The van der Waals surface area contributed by atoms with Gasteiger partial charge in [-0.15, -0.1) is 24.0 Å². The van der Waals surface area contributed by atoms with Crippen LogP contribution in [0.5, 0.6) is 0 Å². The number of nitrogens with zero attached hydrogens (tertiary/aromatic N) is 1. The Morgan fingerprint density at radius 3 is 2.42 bits per heavy atom. The highest BCUT2D eigenvalue weighted by Gasteiger charge is 2.11. The molecule has 0 unspecified atom stereocenters. The molecule has 0 aromatic heterocycles. The molecule has 0 aliphatic rings. The summed E-state index contributed by atoms with van der Waals surface area (Å²) in [4.78, 5) is 4.13. The van der Waals surface area contributed by atoms with Crippen LogP contribution >= 0.6 is 24.0 Å². The van der Waals surface area contributed by atoms with Gasteiger partial charge in [0.2, 0.25) is 0 Å². The van der Waals surface area contributed by atoms with Gasteiger partial charge in [0.1, 0.15) is 5.82 Å². The largest absolute Gasteiger partial charge is 0.352 e. The van der Waals surface area contributed by atoms with Crippen molar-refractivity contribution >= 4 is 29.9 Å². The van der Waals surface area contributed by atoms with E-state index in [0.29, 0.717) is 18.1 Å². The molecule has 1 rings (SSSR count). The summed E-state index contributed by atoms with van der Waals surface area (Å²) < 4.78 is 13.4. The zero-order valence-electron chi connectivity index (χ0n) is 12.2. The van der Waals surface area contributed by atoms with Gasteiger partial charge in [0.25, 0.3) is 0 Å². The summed E-state index contributed by atoms with van der Waals surface area (Å²) in [6.07, 6.45) is 0. The van der Waals surface area contributed by atoms with Gasteiger partial charge in [0.15, 0.2) is 5.96 Å². The topological polar surface area (TPSA) is 36.4 Å². The number of hydrogen-bond acceptors (Lipinski definition) is 1. The number of aryl methyl sites for hydroxylation is 1. The Kier molecular flexibility index (Phi) is 7.33. The normalized spacial score (nSPS) is 11.8. The lowest BCUT2D eigenvalue weighted by molar-refractivity contribution is 0.501. The van der Waals surface area contributed by atoms with Crippen LogP contribution in [0.4, 0.5) is 4.39 Å². The van der Waals surface area contributed by atoms with Crippen molar-refractivity contribution in [1.29, 1.82) is 0 Å². The van der Waals surface area contributed by atoms with Crippen molar-refractivity contribution in [2.45, 2.75) is 39.8 Å². The first-order valence-corrected chi connectivity index (χ1v) is 6.05. The molecule has 0 bridgehead atoms. The van der Waals surface area contributed by atoms with Crippen molar-refractivity contribution in [2.24, 2.45) is 4.99 Å². The second-order valence-corrected chi connectivity index (χ2v) is 5.38. The van der Waals surface area contributed by atoms with Gasteiger partial charge in [0.05, 0.1) is 0 Å².